The standard InChI is InChI=1S/C11H13N3O3S/c1-7-5-9(12)6-8(2)11(7)18(15,16)14-10-3-4-17-13-10/h3-6H,12H2,1-2H3,(H,13,14). The maximum atomic E-state index is 12.2. The fraction of sp³-hybridized carbons (Fsp3) is 0.182. The summed E-state index contributed by atoms with van der Waals surface area (Å²) >= 11 is 0. The van der Waals surface area contributed by atoms with E-state index in [9.17, 15) is 8.42 Å². The molecular formula is C11H13N3O3S. The van der Waals surface area contributed by atoms with E-state index >= 15 is 0 Å². The number of hydrogen-bond donors (Lipinski definition) is 2. The Kier molecular flexibility index (Phi) is 3.00. The van der Waals surface area contributed by atoms with Crippen molar-refractivity contribution in [3.05, 3.63) is 35.6 Å². The third kappa shape index (κ3) is 2.30. The lowest BCUT2D eigenvalue weighted by Gasteiger charge is -2.12. The van der Waals surface area contributed by atoms with Crippen molar-refractivity contribution in [3.8, 4) is 0 Å². The average Bonchev–Trinajstić information content (AvgIpc) is 2.66. The summed E-state index contributed by atoms with van der Waals surface area (Å²) in [5.41, 5.74) is 7.37. The largest absolute Gasteiger partial charge is 0.399 e. The molecule has 96 valence electrons. The molecule has 0 aliphatic heterocycles. The van der Waals surface area contributed by atoms with Crippen molar-refractivity contribution in [1.29, 1.82) is 0 Å². The molecule has 0 aliphatic rings. The minimum Gasteiger partial charge on any atom is -0.399 e. The summed E-state index contributed by atoms with van der Waals surface area (Å²) in [4.78, 5) is 0.208. The molecule has 1 heterocycles. The van der Waals surface area contributed by atoms with Crippen molar-refractivity contribution < 1.29 is 12.9 Å². The smallest absolute Gasteiger partial charge is 0.263 e. The molecule has 0 fully saturated rings. The monoisotopic (exact) mass is 267 g/mol. The van der Waals surface area contributed by atoms with Gasteiger partial charge in [0, 0.05) is 11.8 Å². The molecule has 18 heavy (non-hydrogen) atoms. The molecule has 0 atom stereocenters. The average molecular weight is 267 g/mol. The maximum Gasteiger partial charge on any atom is 0.263 e. The molecule has 0 unspecified atom stereocenters. The zero-order valence-electron chi connectivity index (χ0n) is 9.97. The molecule has 3 N–H and O–H groups in total. The van der Waals surface area contributed by atoms with E-state index in [2.05, 4.69) is 14.4 Å². The van der Waals surface area contributed by atoms with Gasteiger partial charge in [0.25, 0.3) is 10.0 Å². The molecule has 1 aromatic heterocycles. The van der Waals surface area contributed by atoms with E-state index in [1.54, 1.807) is 26.0 Å². The molecule has 1 aromatic carbocycles. The number of benzene rings is 1. The number of nitrogens with two attached hydrogens (primary N) is 1. The van der Waals surface area contributed by atoms with Gasteiger partial charge in [-0.05, 0) is 37.1 Å². The normalized spacial score (nSPS) is 11.4. The highest BCUT2D eigenvalue weighted by Crippen LogP contribution is 2.24. The first-order chi connectivity index (χ1) is 8.40. The quantitative estimate of drug-likeness (QED) is 0.824. The first-order valence-corrected chi connectivity index (χ1v) is 6.68. The summed E-state index contributed by atoms with van der Waals surface area (Å²) in [5, 5.41) is 3.51. The van der Waals surface area contributed by atoms with Gasteiger partial charge in [0.2, 0.25) is 0 Å². The lowest BCUT2D eigenvalue weighted by atomic mass is 10.1. The van der Waals surface area contributed by atoms with Crippen molar-refractivity contribution in [2.75, 3.05) is 10.5 Å². The van der Waals surface area contributed by atoms with Crippen LogP contribution in [0.4, 0.5) is 11.5 Å². The Morgan fingerprint density at radius 3 is 2.39 bits per heavy atom. The van der Waals surface area contributed by atoms with E-state index in [1.807, 2.05) is 0 Å². The van der Waals surface area contributed by atoms with Crippen molar-refractivity contribution in [2.24, 2.45) is 0 Å². The van der Waals surface area contributed by atoms with Gasteiger partial charge in [0.05, 0.1) is 4.90 Å². The van der Waals surface area contributed by atoms with Crippen LogP contribution >= 0.6 is 0 Å². The van der Waals surface area contributed by atoms with Crippen molar-refractivity contribution in [1.82, 2.24) is 5.16 Å². The number of aromatic nitrogens is 1. The van der Waals surface area contributed by atoms with Crippen LogP contribution in [0.25, 0.3) is 0 Å². The van der Waals surface area contributed by atoms with Crippen LogP contribution in [0.3, 0.4) is 0 Å². The van der Waals surface area contributed by atoms with Gasteiger partial charge in [-0.15, -0.1) is 0 Å². The number of nitrogens with zero attached hydrogens (tertiary/aromatic N) is 1. The Morgan fingerprint density at radius 1 is 1.28 bits per heavy atom. The lowest BCUT2D eigenvalue weighted by Crippen LogP contribution is -2.16. The number of rotatable bonds is 3. The summed E-state index contributed by atoms with van der Waals surface area (Å²) in [6, 6.07) is 4.66. The summed E-state index contributed by atoms with van der Waals surface area (Å²) in [5.74, 6) is 0.144. The molecule has 2 aromatic rings. The van der Waals surface area contributed by atoms with E-state index in [-0.39, 0.29) is 10.7 Å². The van der Waals surface area contributed by atoms with Gasteiger partial charge in [-0.25, -0.2) is 8.42 Å². The number of aryl methyl sites for hydroxylation is 2. The highest BCUT2D eigenvalue weighted by Gasteiger charge is 2.20. The second-order valence-corrected chi connectivity index (χ2v) is 5.59. The Bertz CT molecular complexity index is 640. The predicted molar refractivity (Wildman–Crippen MR) is 67.6 cm³/mol. The van der Waals surface area contributed by atoms with Crippen LogP contribution in [-0.4, -0.2) is 13.6 Å². The zero-order valence-corrected chi connectivity index (χ0v) is 10.8. The molecule has 0 saturated heterocycles. The summed E-state index contributed by atoms with van der Waals surface area (Å²) < 4.78 is 31.4. The lowest BCUT2D eigenvalue weighted by molar-refractivity contribution is 0.423. The summed E-state index contributed by atoms with van der Waals surface area (Å²) in [7, 11) is -3.69. The van der Waals surface area contributed by atoms with Crippen molar-refractivity contribution in [2.45, 2.75) is 18.7 Å². The molecule has 7 heteroatoms. The first kappa shape index (κ1) is 12.4. The minimum atomic E-state index is -3.69. The van der Waals surface area contributed by atoms with Crippen molar-refractivity contribution >= 4 is 21.5 Å². The molecular weight excluding hydrogens is 254 g/mol. The molecule has 0 amide bonds. The molecule has 0 spiro atoms. The number of anilines is 2. The first-order valence-electron chi connectivity index (χ1n) is 5.20. The van der Waals surface area contributed by atoms with E-state index in [4.69, 9.17) is 5.73 Å². The van der Waals surface area contributed by atoms with E-state index in [1.165, 1.54) is 12.3 Å². The molecule has 6 nitrogen and oxygen atoms in total. The van der Waals surface area contributed by atoms with Crippen LogP contribution < -0.4 is 10.5 Å². The Labute approximate surface area is 105 Å². The minimum absolute atomic E-state index is 0.144. The van der Waals surface area contributed by atoms with E-state index in [0.717, 1.165) is 0 Å². The van der Waals surface area contributed by atoms with Gasteiger partial charge in [-0.2, -0.15) is 0 Å². The third-order valence-corrected chi connectivity index (χ3v) is 4.09. The molecule has 2 rings (SSSR count). The van der Waals surface area contributed by atoms with Gasteiger partial charge in [0.15, 0.2) is 5.82 Å². The SMILES string of the molecule is Cc1cc(N)cc(C)c1S(=O)(=O)Nc1ccon1. The van der Waals surface area contributed by atoms with Gasteiger partial charge >= 0.3 is 0 Å². The van der Waals surface area contributed by atoms with Crippen LogP contribution in [0.5, 0.6) is 0 Å². The fourth-order valence-electron chi connectivity index (χ4n) is 1.86. The number of nitrogen functional groups attached to an aromatic ring is 1. The Morgan fingerprint density at radius 2 is 1.89 bits per heavy atom. The van der Waals surface area contributed by atoms with Crippen LogP contribution in [0, 0.1) is 13.8 Å². The maximum absolute atomic E-state index is 12.2. The third-order valence-electron chi connectivity index (χ3n) is 2.43. The summed E-state index contributed by atoms with van der Waals surface area (Å²) in [6.07, 6.45) is 1.29. The van der Waals surface area contributed by atoms with Gasteiger partial charge < -0.3 is 10.3 Å². The molecule has 0 saturated carbocycles. The van der Waals surface area contributed by atoms with Gasteiger partial charge in [0.1, 0.15) is 6.26 Å². The van der Waals surface area contributed by atoms with Gasteiger partial charge in [-0.1, -0.05) is 5.16 Å². The summed E-state index contributed by atoms with van der Waals surface area (Å²) in [6.45, 7) is 3.39. The molecule has 0 bridgehead atoms. The van der Waals surface area contributed by atoms with Crippen LogP contribution in [0.1, 0.15) is 11.1 Å². The fourth-order valence-corrected chi connectivity index (χ4v) is 3.31. The Hall–Kier alpha value is -2.02. The molecule has 0 radical (unpaired) electrons. The second kappa shape index (κ2) is 4.34. The van der Waals surface area contributed by atoms with Crippen LogP contribution in [-0.2, 0) is 10.0 Å². The number of nitrogens with one attached hydrogen (secondary N) is 1. The topological polar surface area (TPSA) is 98.2 Å². The molecule has 0 aliphatic carbocycles. The zero-order chi connectivity index (χ0) is 13.3. The van der Waals surface area contributed by atoms with Gasteiger partial charge in [-0.3, -0.25) is 4.72 Å². The number of sulfonamides is 1. The Balaban J connectivity index is 2.48. The number of hydrogen-bond acceptors (Lipinski definition) is 5. The highest BCUT2D eigenvalue weighted by molar-refractivity contribution is 7.92. The van der Waals surface area contributed by atoms with Crippen LogP contribution in [0.15, 0.2) is 33.9 Å². The van der Waals surface area contributed by atoms with Crippen molar-refractivity contribution in [3.63, 3.8) is 0 Å². The van der Waals surface area contributed by atoms with E-state index in [0.29, 0.717) is 16.8 Å². The van der Waals surface area contributed by atoms with Crippen LogP contribution in [0.2, 0.25) is 0 Å². The predicted octanol–water partition coefficient (Wildman–Crippen LogP) is 1.67. The van der Waals surface area contributed by atoms with E-state index < -0.39 is 10.0 Å². The highest BCUT2D eigenvalue weighted by atomic mass is 32.2. The second-order valence-electron chi connectivity index (χ2n) is 3.97.